The van der Waals surface area contributed by atoms with Crippen LogP contribution in [0.3, 0.4) is 0 Å². The van der Waals surface area contributed by atoms with Crippen molar-refractivity contribution in [2.45, 2.75) is 0 Å². The SMILES string of the molecule is NN/C=C(\NCC(=O)NCC(F)=C(F)F)[N+](=O)[O-]. The maximum Gasteiger partial charge on any atom is 0.333 e. The Hall–Kier alpha value is -2.30. The number of hydrogen-bond acceptors (Lipinski definition) is 6. The molecule has 0 atom stereocenters. The molecule has 8 nitrogen and oxygen atoms in total. The van der Waals surface area contributed by atoms with Crippen molar-refractivity contribution in [2.75, 3.05) is 13.1 Å². The number of nitro groups is 1. The van der Waals surface area contributed by atoms with Crippen molar-refractivity contribution in [3.8, 4) is 0 Å². The van der Waals surface area contributed by atoms with Gasteiger partial charge in [0.05, 0.1) is 6.54 Å². The predicted octanol–water partition coefficient (Wildman–Crippen LogP) is -0.691. The number of amides is 1. The average Bonchev–Trinajstić information content (AvgIpc) is 2.30. The zero-order chi connectivity index (χ0) is 14.1. The largest absolute Gasteiger partial charge is 0.358 e. The predicted molar refractivity (Wildman–Crippen MR) is 53.8 cm³/mol. The molecule has 0 unspecified atom stereocenters. The van der Waals surface area contributed by atoms with E-state index in [1.54, 1.807) is 5.32 Å². The molecule has 0 aromatic rings. The molecule has 11 heteroatoms. The van der Waals surface area contributed by atoms with E-state index in [1.807, 2.05) is 5.43 Å². The molecule has 0 aromatic carbocycles. The summed E-state index contributed by atoms with van der Waals surface area (Å²) in [6.07, 6.45) is -1.77. The van der Waals surface area contributed by atoms with Gasteiger partial charge in [0.1, 0.15) is 6.20 Å². The van der Waals surface area contributed by atoms with Crippen LogP contribution in [0.4, 0.5) is 13.2 Å². The Kier molecular flexibility index (Phi) is 6.88. The van der Waals surface area contributed by atoms with Crippen molar-refractivity contribution in [3.05, 3.63) is 34.0 Å². The molecular weight excluding hydrogens is 259 g/mol. The molecule has 0 aromatic heterocycles. The summed E-state index contributed by atoms with van der Waals surface area (Å²) in [6.45, 7) is -1.59. The normalized spacial score (nSPS) is 10.6. The maximum absolute atomic E-state index is 12.3. The third-order valence-electron chi connectivity index (χ3n) is 1.49. The van der Waals surface area contributed by atoms with Crippen molar-refractivity contribution >= 4 is 5.91 Å². The lowest BCUT2D eigenvalue weighted by Crippen LogP contribution is -2.36. The highest BCUT2D eigenvalue weighted by Crippen LogP contribution is 2.06. The first-order chi connectivity index (χ1) is 8.38. The second-order valence-corrected chi connectivity index (χ2v) is 2.75. The first kappa shape index (κ1) is 15.7. The summed E-state index contributed by atoms with van der Waals surface area (Å²) in [6, 6.07) is 0. The number of carbonyl (C=O) groups excluding carboxylic acids is 1. The van der Waals surface area contributed by atoms with Gasteiger partial charge in [-0.15, -0.1) is 0 Å². The van der Waals surface area contributed by atoms with Gasteiger partial charge in [0.25, 0.3) is 5.91 Å². The van der Waals surface area contributed by atoms with Gasteiger partial charge >= 0.3 is 11.9 Å². The van der Waals surface area contributed by atoms with Crippen molar-refractivity contribution in [3.63, 3.8) is 0 Å². The van der Waals surface area contributed by atoms with Crippen LogP contribution in [0.25, 0.3) is 0 Å². The highest BCUT2D eigenvalue weighted by molar-refractivity contribution is 5.78. The zero-order valence-corrected chi connectivity index (χ0v) is 8.87. The molecule has 0 aliphatic heterocycles. The third kappa shape index (κ3) is 6.32. The van der Waals surface area contributed by atoms with Gasteiger partial charge in [-0.25, -0.2) is 4.39 Å². The van der Waals surface area contributed by atoms with E-state index in [0.717, 1.165) is 6.20 Å². The van der Waals surface area contributed by atoms with E-state index in [-0.39, 0.29) is 0 Å². The molecule has 18 heavy (non-hydrogen) atoms. The molecule has 0 saturated carbocycles. The fraction of sp³-hybridized carbons (Fsp3) is 0.286. The van der Waals surface area contributed by atoms with E-state index in [9.17, 15) is 28.1 Å². The van der Waals surface area contributed by atoms with Crippen LogP contribution >= 0.6 is 0 Å². The fourth-order valence-electron chi connectivity index (χ4n) is 0.724. The lowest BCUT2D eigenvalue weighted by atomic mass is 10.5. The van der Waals surface area contributed by atoms with Crippen LogP contribution in [-0.2, 0) is 4.79 Å². The molecule has 0 rings (SSSR count). The van der Waals surface area contributed by atoms with E-state index in [2.05, 4.69) is 5.32 Å². The molecular formula is C7H10F3N5O3. The Balaban J connectivity index is 4.15. The Labute approximate surface area is 98.8 Å². The molecule has 0 aliphatic carbocycles. The molecule has 102 valence electrons. The van der Waals surface area contributed by atoms with Crippen LogP contribution in [0.1, 0.15) is 0 Å². The smallest absolute Gasteiger partial charge is 0.333 e. The second-order valence-electron chi connectivity index (χ2n) is 2.75. The number of rotatable bonds is 7. The number of hydrazine groups is 1. The second kappa shape index (κ2) is 7.89. The van der Waals surface area contributed by atoms with Crippen molar-refractivity contribution in [1.29, 1.82) is 0 Å². The van der Waals surface area contributed by atoms with Crippen molar-refractivity contribution < 1.29 is 22.9 Å². The topological polar surface area (TPSA) is 122 Å². The monoisotopic (exact) mass is 269 g/mol. The number of carbonyl (C=O) groups is 1. The van der Waals surface area contributed by atoms with Gasteiger partial charge in [-0.1, -0.05) is 0 Å². The highest BCUT2D eigenvalue weighted by Gasteiger charge is 2.12. The summed E-state index contributed by atoms with van der Waals surface area (Å²) in [5, 5.41) is 14.2. The zero-order valence-electron chi connectivity index (χ0n) is 8.87. The Bertz CT molecular complexity index is 381. The van der Waals surface area contributed by atoms with Crippen LogP contribution in [0, 0.1) is 10.1 Å². The minimum atomic E-state index is -2.54. The maximum atomic E-state index is 12.3. The summed E-state index contributed by atoms with van der Waals surface area (Å²) in [5.41, 5.74) is 1.87. The van der Waals surface area contributed by atoms with E-state index in [0.29, 0.717) is 0 Å². The number of halogens is 3. The number of nitrogens with two attached hydrogens (primary N) is 1. The van der Waals surface area contributed by atoms with Crippen LogP contribution in [0.2, 0.25) is 0 Å². The van der Waals surface area contributed by atoms with Crippen molar-refractivity contribution in [2.24, 2.45) is 5.84 Å². The number of hydrogen-bond donors (Lipinski definition) is 4. The van der Waals surface area contributed by atoms with Crippen LogP contribution < -0.4 is 21.9 Å². The van der Waals surface area contributed by atoms with Gasteiger partial charge < -0.3 is 20.9 Å². The fourth-order valence-corrected chi connectivity index (χ4v) is 0.724. The van der Waals surface area contributed by atoms with Gasteiger partial charge in [-0.3, -0.25) is 16.0 Å². The average molecular weight is 269 g/mol. The van der Waals surface area contributed by atoms with E-state index >= 15 is 0 Å². The molecule has 1 amide bonds. The first-order valence-corrected chi connectivity index (χ1v) is 4.39. The molecule has 0 bridgehead atoms. The Morgan fingerprint density at radius 2 is 1.89 bits per heavy atom. The molecule has 0 radical (unpaired) electrons. The minimum Gasteiger partial charge on any atom is -0.358 e. The highest BCUT2D eigenvalue weighted by atomic mass is 19.3. The van der Waals surface area contributed by atoms with Crippen molar-refractivity contribution in [1.82, 2.24) is 16.1 Å². The summed E-state index contributed by atoms with van der Waals surface area (Å²) in [5.74, 6) is 1.50. The minimum absolute atomic E-state index is 0.602. The standard InChI is InChI=1S/C7H10F3N5O3/c8-4(7(9)10)1-13-6(16)3-12-5(2-14-11)15(17)18/h2,12,14H,1,3,11H2,(H,13,16)/b5-2+. The molecule has 0 heterocycles. The summed E-state index contributed by atoms with van der Waals surface area (Å²) >= 11 is 0. The summed E-state index contributed by atoms with van der Waals surface area (Å²) < 4.78 is 35.5. The van der Waals surface area contributed by atoms with E-state index in [1.165, 1.54) is 0 Å². The summed E-state index contributed by atoms with van der Waals surface area (Å²) in [4.78, 5) is 20.5. The number of nitrogens with one attached hydrogen (secondary N) is 3. The number of nitrogens with zero attached hydrogens (tertiary/aromatic N) is 1. The van der Waals surface area contributed by atoms with Crippen LogP contribution in [0.5, 0.6) is 0 Å². The summed E-state index contributed by atoms with van der Waals surface area (Å²) in [7, 11) is 0. The lowest BCUT2D eigenvalue weighted by molar-refractivity contribution is -0.432. The van der Waals surface area contributed by atoms with Gasteiger partial charge in [0, 0.05) is 0 Å². The van der Waals surface area contributed by atoms with Gasteiger partial charge in [-0.05, 0) is 4.92 Å². The van der Waals surface area contributed by atoms with Gasteiger partial charge in [0.2, 0.25) is 0 Å². The first-order valence-electron chi connectivity index (χ1n) is 4.39. The Morgan fingerprint density at radius 3 is 2.33 bits per heavy atom. The molecule has 0 saturated heterocycles. The quantitative estimate of drug-likeness (QED) is 0.275. The molecule has 0 aliphatic rings. The van der Waals surface area contributed by atoms with Gasteiger partial charge in [-0.2, -0.15) is 8.78 Å². The Morgan fingerprint density at radius 1 is 1.28 bits per heavy atom. The lowest BCUT2D eigenvalue weighted by Gasteiger charge is -2.04. The molecule has 0 spiro atoms. The van der Waals surface area contributed by atoms with E-state index in [4.69, 9.17) is 5.84 Å². The van der Waals surface area contributed by atoms with E-state index < -0.39 is 41.6 Å². The molecule has 5 N–H and O–H groups in total. The van der Waals surface area contributed by atoms with Crippen LogP contribution in [-0.4, -0.2) is 23.9 Å². The third-order valence-corrected chi connectivity index (χ3v) is 1.49. The van der Waals surface area contributed by atoms with Crippen LogP contribution in [0.15, 0.2) is 23.9 Å². The van der Waals surface area contributed by atoms with Gasteiger partial charge in [0.15, 0.2) is 12.4 Å². The molecule has 0 fully saturated rings.